The minimum atomic E-state index is -0.845. The predicted molar refractivity (Wildman–Crippen MR) is 101 cm³/mol. The van der Waals surface area contributed by atoms with Crippen LogP contribution in [0.5, 0.6) is 0 Å². The highest BCUT2D eigenvalue weighted by atomic mass is 16.6. The quantitative estimate of drug-likeness (QED) is 0.779. The second-order valence-electron chi connectivity index (χ2n) is 8.72. The molecule has 1 aliphatic carbocycles. The van der Waals surface area contributed by atoms with E-state index in [0.29, 0.717) is 5.69 Å². The van der Waals surface area contributed by atoms with Crippen LogP contribution in [0.4, 0.5) is 15.3 Å². The molecule has 148 valence electrons. The molecule has 7 heteroatoms. The van der Waals surface area contributed by atoms with E-state index >= 15 is 0 Å². The van der Waals surface area contributed by atoms with E-state index in [2.05, 4.69) is 4.98 Å². The molecule has 1 aliphatic rings. The lowest BCUT2D eigenvalue weighted by atomic mass is 10.1. The highest BCUT2D eigenvalue weighted by molar-refractivity contribution is 6.09. The van der Waals surface area contributed by atoms with Crippen LogP contribution in [0.1, 0.15) is 60.1 Å². The van der Waals surface area contributed by atoms with E-state index < -0.39 is 23.4 Å². The number of aromatic nitrogens is 1. The van der Waals surface area contributed by atoms with E-state index in [1.54, 1.807) is 47.6 Å². The molecule has 2 amide bonds. The molecule has 0 saturated heterocycles. The number of hydrogen-bond donors (Lipinski definition) is 0. The molecule has 1 fully saturated rings. The van der Waals surface area contributed by atoms with Gasteiger partial charge in [-0.05, 0) is 66.5 Å². The number of amides is 2. The van der Waals surface area contributed by atoms with Gasteiger partial charge in [-0.15, -0.1) is 0 Å². The Balaban J connectivity index is 2.29. The minimum absolute atomic E-state index is 0.114. The molecule has 0 N–H and O–H groups in total. The van der Waals surface area contributed by atoms with Gasteiger partial charge in [0.15, 0.2) is 0 Å². The molecule has 0 spiro atoms. The van der Waals surface area contributed by atoms with Crippen molar-refractivity contribution in [2.24, 2.45) is 5.92 Å². The first-order valence-corrected chi connectivity index (χ1v) is 9.09. The monoisotopic (exact) mass is 376 g/mol. The summed E-state index contributed by atoms with van der Waals surface area (Å²) in [6.07, 6.45) is 1.78. The van der Waals surface area contributed by atoms with Gasteiger partial charge >= 0.3 is 12.2 Å². The van der Waals surface area contributed by atoms with Crippen LogP contribution in [-0.4, -0.2) is 34.2 Å². The maximum Gasteiger partial charge on any atom is 0.424 e. The Morgan fingerprint density at radius 3 is 2.00 bits per heavy atom. The van der Waals surface area contributed by atoms with Crippen molar-refractivity contribution >= 4 is 23.7 Å². The van der Waals surface area contributed by atoms with Crippen molar-refractivity contribution in [2.45, 2.75) is 72.0 Å². The van der Waals surface area contributed by atoms with Gasteiger partial charge in [0.2, 0.25) is 0 Å². The van der Waals surface area contributed by atoms with Gasteiger partial charge in [0.05, 0.1) is 5.69 Å². The summed E-state index contributed by atoms with van der Waals surface area (Å²) in [6.45, 7) is 10.3. The summed E-state index contributed by atoms with van der Waals surface area (Å²) in [5, 5.41) is 0. The van der Waals surface area contributed by atoms with Crippen LogP contribution in [0.2, 0.25) is 0 Å². The smallest absolute Gasteiger partial charge is 0.424 e. The molecule has 1 heterocycles. The molecule has 27 heavy (non-hydrogen) atoms. The fraction of sp³-hybridized carbons (Fsp3) is 0.600. The summed E-state index contributed by atoms with van der Waals surface area (Å²) < 4.78 is 10.7. The molecular weight excluding hydrogens is 348 g/mol. The second-order valence-corrected chi connectivity index (χ2v) is 8.72. The van der Waals surface area contributed by atoms with Gasteiger partial charge in [-0.2, -0.15) is 4.90 Å². The Kier molecular flexibility index (Phi) is 5.92. The SMILES string of the molecule is CC(C)(C)OC(=O)N(C(=O)OC(C)(C)C)c1ccnc(CC(=O)C2CC2)c1. The third kappa shape index (κ3) is 6.66. The number of rotatable bonds is 4. The molecule has 1 aromatic heterocycles. The fourth-order valence-electron chi connectivity index (χ4n) is 2.33. The Labute approximate surface area is 160 Å². The van der Waals surface area contributed by atoms with Crippen molar-refractivity contribution in [3.8, 4) is 0 Å². The number of ether oxygens (including phenoxy) is 2. The third-order valence-corrected chi connectivity index (χ3v) is 3.60. The van der Waals surface area contributed by atoms with Crippen LogP contribution in [0.3, 0.4) is 0 Å². The highest BCUT2D eigenvalue weighted by Crippen LogP contribution is 2.31. The number of imide groups is 1. The average molecular weight is 376 g/mol. The molecule has 0 aromatic carbocycles. The predicted octanol–water partition coefficient (Wildman–Crippen LogP) is 4.28. The van der Waals surface area contributed by atoms with Crippen LogP contribution in [0.15, 0.2) is 18.3 Å². The number of carbonyl (C=O) groups is 3. The Bertz CT molecular complexity index is 699. The molecule has 0 radical (unpaired) electrons. The van der Waals surface area contributed by atoms with Gasteiger partial charge in [0, 0.05) is 24.2 Å². The number of anilines is 1. The fourth-order valence-corrected chi connectivity index (χ4v) is 2.33. The lowest BCUT2D eigenvalue weighted by Crippen LogP contribution is -2.43. The first kappa shape index (κ1) is 20.9. The van der Waals surface area contributed by atoms with Gasteiger partial charge in [-0.25, -0.2) is 9.59 Å². The summed E-state index contributed by atoms with van der Waals surface area (Å²) in [7, 11) is 0. The van der Waals surface area contributed by atoms with E-state index in [1.165, 1.54) is 12.3 Å². The number of carbonyl (C=O) groups excluding carboxylic acids is 3. The van der Waals surface area contributed by atoms with E-state index in [-0.39, 0.29) is 23.8 Å². The van der Waals surface area contributed by atoms with Crippen molar-refractivity contribution in [3.63, 3.8) is 0 Å². The van der Waals surface area contributed by atoms with Gasteiger partial charge in [-0.1, -0.05) is 0 Å². The summed E-state index contributed by atoms with van der Waals surface area (Å²) >= 11 is 0. The summed E-state index contributed by atoms with van der Waals surface area (Å²) in [4.78, 5) is 42.4. The van der Waals surface area contributed by atoms with Crippen molar-refractivity contribution in [1.29, 1.82) is 0 Å². The number of pyridine rings is 1. The normalized spacial score (nSPS) is 14.4. The zero-order valence-electron chi connectivity index (χ0n) is 16.9. The molecule has 0 aliphatic heterocycles. The van der Waals surface area contributed by atoms with Gasteiger partial charge in [0.25, 0.3) is 0 Å². The first-order chi connectivity index (χ1) is 12.4. The maximum atomic E-state index is 12.7. The number of Topliss-reactive ketones (excluding diaryl/α,β-unsaturated/α-hetero) is 1. The van der Waals surface area contributed by atoms with Gasteiger partial charge in [-0.3, -0.25) is 9.78 Å². The molecule has 0 atom stereocenters. The van der Waals surface area contributed by atoms with Crippen LogP contribution < -0.4 is 4.90 Å². The molecule has 1 saturated carbocycles. The lowest BCUT2D eigenvalue weighted by molar-refractivity contribution is -0.119. The highest BCUT2D eigenvalue weighted by Gasteiger charge is 2.33. The van der Waals surface area contributed by atoms with Crippen molar-refractivity contribution < 1.29 is 23.9 Å². The molecule has 7 nitrogen and oxygen atoms in total. The minimum Gasteiger partial charge on any atom is -0.443 e. The van der Waals surface area contributed by atoms with Crippen molar-refractivity contribution in [2.75, 3.05) is 4.90 Å². The van der Waals surface area contributed by atoms with E-state index in [9.17, 15) is 14.4 Å². The molecule has 0 unspecified atom stereocenters. The van der Waals surface area contributed by atoms with E-state index in [4.69, 9.17) is 9.47 Å². The zero-order valence-corrected chi connectivity index (χ0v) is 16.9. The number of nitrogens with zero attached hydrogens (tertiary/aromatic N) is 2. The summed E-state index contributed by atoms with van der Waals surface area (Å²) in [6, 6.07) is 3.06. The van der Waals surface area contributed by atoms with Crippen molar-refractivity contribution in [3.05, 3.63) is 24.0 Å². The molecule has 1 aromatic rings. The van der Waals surface area contributed by atoms with Crippen molar-refractivity contribution in [1.82, 2.24) is 4.98 Å². The van der Waals surface area contributed by atoms with Gasteiger partial charge in [0.1, 0.15) is 17.0 Å². The zero-order chi connectivity index (χ0) is 20.4. The first-order valence-electron chi connectivity index (χ1n) is 9.09. The molecule has 0 bridgehead atoms. The average Bonchev–Trinajstić information content (AvgIpc) is 3.28. The van der Waals surface area contributed by atoms with E-state index in [0.717, 1.165) is 17.7 Å². The Hall–Kier alpha value is -2.44. The lowest BCUT2D eigenvalue weighted by Gasteiger charge is -2.28. The maximum absolute atomic E-state index is 12.7. The largest absolute Gasteiger partial charge is 0.443 e. The third-order valence-electron chi connectivity index (χ3n) is 3.60. The van der Waals surface area contributed by atoms with Crippen LogP contribution in [-0.2, 0) is 20.7 Å². The standard InChI is InChI=1S/C20H28N2O5/c1-19(2,3)26-17(24)22(18(25)27-20(4,5)6)15-9-10-21-14(11-15)12-16(23)13-7-8-13/h9-11,13H,7-8,12H2,1-6H3. The topological polar surface area (TPSA) is 85.8 Å². The molecule has 2 rings (SSSR count). The Morgan fingerprint density at radius 1 is 1.04 bits per heavy atom. The number of hydrogen-bond acceptors (Lipinski definition) is 6. The van der Waals surface area contributed by atoms with Crippen LogP contribution in [0, 0.1) is 5.92 Å². The number of ketones is 1. The Morgan fingerprint density at radius 2 is 1.56 bits per heavy atom. The van der Waals surface area contributed by atoms with E-state index in [1.807, 2.05) is 0 Å². The van der Waals surface area contributed by atoms with Crippen LogP contribution >= 0.6 is 0 Å². The van der Waals surface area contributed by atoms with Gasteiger partial charge < -0.3 is 9.47 Å². The molecular formula is C20H28N2O5. The second kappa shape index (κ2) is 7.66. The summed E-state index contributed by atoms with van der Waals surface area (Å²) in [5.41, 5.74) is -0.807. The summed E-state index contributed by atoms with van der Waals surface area (Å²) in [5.74, 6) is 0.240. The van der Waals surface area contributed by atoms with Crippen LogP contribution in [0.25, 0.3) is 0 Å².